The third-order valence-electron chi connectivity index (χ3n) is 5.43. The van der Waals surface area contributed by atoms with Crippen molar-refractivity contribution in [3.05, 3.63) is 89.3 Å². The van der Waals surface area contributed by atoms with Gasteiger partial charge in [0.1, 0.15) is 4.21 Å². The maximum absolute atomic E-state index is 13.3. The van der Waals surface area contributed by atoms with Crippen molar-refractivity contribution in [2.45, 2.75) is 23.1 Å². The van der Waals surface area contributed by atoms with Gasteiger partial charge < -0.3 is 10.6 Å². The topological polar surface area (TPSA) is 104 Å². The zero-order chi connectivity index (χ0) is 23.7. The summed E-state index contributed by atoms with van der Waals surface area (Å²) in [5.41, 5.74) is 1.23. The van der Waals surface area contributed by atoms with Gasteiger partial charge in [0.25, 0.3) is 21.8 Å². The highest BCUT2D eigenvalue weighted by Gasteiger charge is 2.24. The van der Waals surface area contributed by atoms with Crippen molar-refractivity contribution in [2.24, 2.45) is 0 Å². The number of carbonyl (C=O) groups excluding carboxylic acids is 2. The van der Waals surface area contributed by atoms with Gasteiger partial charge in [0.05, 0.1) is 11.3 Å². The summed E-state index contributed by atoms with van der Waals surface area (Å²) in [4.78, 5) is 25.6. The van der Waals surface area contributed by atoms with E-state index in [9.17, 15) is 18.0 Å². The van der Waals surface area contributed by atoms with Crippen LogP contribution in [-0.4, -0.2) is 26.3 Å². The number of thiophene rings is 1. The predicted octanol–water partition coefficient (Wildman–Crippen LogP) is 4.85. The summed E-state index contributed by atoms with van der Waals surface area (Å²) in [6.45, 7) is 0. The molecule has 0 bridgehead atoms. The van der Waals surface area contributed by atoms with Crippen LogP contribution in [0.4, 0.5) is 11.4 Å². The summed E-state index contributed by atoms with van der Waals surface area (Å²) in [5, 5.41) is 8.98. The predicted molar refractivity (Wildman–Crippen MR) is 134 cm³/mol. The zero-order valence-electron chi connectivity index (χ0n) is 17.9. The van der Waals surface area contributed by atoms with Gasteiger partial charge in [-0.05, 0) is 65.4 Å². The van der Waals surface area contributed by atoms with Gasteiger partial charge in [-0.1, -0.05) is 36.4 Å². The summed E-state index contributed by atoms with van der Waals surface area (Å²) in [6.07, 6.45) is 1.96. The van der Waals surface area contributed by atoms with E-state index in [1.807, 2.05) is 24.3 Å². The smallest absolute Gasteiger partial charge is 0.271 e. The second kappa shape index (κ2) is 8.92. The number of anilines is 2. The van der Waals surface area contributed by atoms with Gasteiger partial charge in [0, 0.05) is 17.3 Å². The van der Waals surface area contributed by atoms with Crippen LogP contribution in [0.25, 0.3) is 10.8 Å². The molecule has 0 atom stereocenters. The van der Waals surface area contributed by atoms with E-state index >= 15 is 0 Å². The van der Waals surface area contributed by atoms with Crippen molar-refractivity contribution >= 4 is 55.3 Å². The Morgan fingerprint density at radius 2 is 1.62 bits per heavy atom. The van der Waals surface area contributed by atoms with Gasteiger partial charge in [-0.3, -0.25) is 14.3 Å². The number of nitrogens with one attached hydrogen (secondary N) is 3. The van der Waals surface area contributed by atoms with E-state index in [-0.39, 0.29) is 27.4 Å². The molecular weight excluding hydrogens is 470 g/mol. The molecule has 172 valence electrons. The summed E-state index contributed by atoms with van der Waals surface area (Å²) >= 11 is 1.09. The largest absolute Gasteiger partial charge is 0.349 e. The van der Waals surface area contributed by atoms with E-state index in [1.54, 1.807) is 47.8 Å². The lowest BCUT2D eigenvalue weighted by molar-refractivity contribution is 0.0949. The van der Waals surface area contributed by atoms with E-state index in [4.69, 9.17) is 0 Å². The van der Waals surface area contributed by atoms with Crippen molar-refractivity contribution in [2.75, 3.05) is 10.0 Å². The number of hydrogen-bond acceptors (Lipinski definition) is 5. The fourth-order valence-corrected chi connectivity index (χ4v) is 5.62. The second-order valence-electron chi connectivity index (χ2n) is 8.07. The lowest BCUT2D eigenvalue weighted by atomic mass is 10.0. The average Bonchev–Trinajstić information content (AvgIpc) is 3.44. The minimum absolute atomic E-state index is 0.154. The van der Waals surface area contributed by atoms with Crippen LogP contribution in [0.5, 0.6) is 0 Å². The summed E-state index contributed by atoms with van der Waals surface area (Å²) in [5.74, 6) is -0.678. The van der Waals surface area contributed by atoms with Crippen molar-refractivity contribution in [3.8, 4) is 0 Å². The lowest BCUT2D eigenvalue weighted by Gasteiger charge is -2.14. The van der Waals surface area contributed by atoms with E-state index in [2.05, 4.69) is 15.4 Å². The molecule has 34 heavy (non-hydrogen) atoms. The maximum Gasteiger partial charge on any atom is 0.271 e. The first-order chi connectivity index (χ1) is 16.4. The van der Waals surface area contributed by atoms with Crippen LogP contribution in [0.3, 0.4) is 0 Å². The Morgan fingerprint density at radius 3 is 2.32 bits per heavy atom. The number of sulfonamides is 1. The highest BCUT2D eigenvalue weighted by molar-refractivity contribution is 7.94. The quantitative estimate of drug-likeness (QED) is 0.344. The number of carbonyl (C=O) groups is 2. The first-order valence-corrected chi connectivity index (χ1v) is 13.1. The molecule has 1 fully saturated rings. The average molecular weight is 492 g/mol. The maximum atomic E-state index is 13.3. The molecule has 3 aromatic carbocycles. The third kappa shape index (κ3) is 4.80. The monoisotopic (exact) mass is 491 g/mol. The molecule has 0 aliphatic heterocycles. The minimum atomic E-state index is -3.86. The van der Waals surface area contributed by atoms with E-state index in [0.717, 1.165) is 35.0 Å². The van der Waals surface area contributed by atoms with Gasteiger partial charge in [-0.15, -0.1) is 11.3 Å². The molecule has 0 radical (unpaired) electrons. The number of amides is 2. The van der Waals surface area contributed by atoms with Crippen molar-refractivity contribution in [1.82, 2.24) is 5.32 Å². The summed E-state index contributed by atoms with van der Waals surface area (Å²) in [6, 6.07) is 20.7. The second-order valence-corrected chi connectivity index (χ2v) is 10.9. The van der Waals surface area contributed by atoms with Crippen LogP contribution in [0.1, 0.15) is 33.6 Å². The zero-order valence-corrected chi connectivity index (χ0v) is 19.6. The van der Waals surface area contributed by atoms with Crippen LogP contribution in [-0.2, 0) is 10.0 Å². The highest BCUT2D eigenvalue weighted by Crippen LogP contribution is 2.28. The molecule has 1 aliphatic carbocycles. The Morgan fingerprint density at radius 1 is 0.853 bits per heavy atom. The SMILES string of the molecule is O=C(NC1CC1)c1cccc(NC(=O)c2cc3ccccc3cc2NS(=O)(=O)c2cccs2)c1. The van der Waals surface area contributed by atoms with Crippen LogP contribution < -0.4 is 15.4 Å². The highest BCUT2D eigenvalue weighted by atomic mass is 32.2. The first kappa shape index (κ1) is 22.1. The fraction of sp³-hybridized carbons (Fsp3) is 0.120. The molecular formula is C25H21N3O4S2. The Kier molecular flexibility index (Phi) is 5.80. The molecule has 5 rings (SSSR count). The van der Waals surface area contributed by atoms with Crippen LogP contribution in [0, 0.1) is 0 Å². The van der Waals surface area contributed by atoms with Gasteiger partial charge in [-0.2, -0.15) is 0 Å². The van der Waals surface area contributed by atoms with Crippen molar-refractivity contribution in [3.63, 3.8) is 0 Å². The number of fused-ring (bicyclic) bond motifs is 1. The minimum Gasteiger partial charge on any atom is -0.349 e. The molecule has 0 saturated heterocycles. The van der Waals surface area contributed by atoms with E-state index in [1.165, 1.54) is 6.07 Å². The molecule has 4 aromatic rings. The van der Waals surface area contributed by atoms with Gasteiger partial charge in [0.15, 0.2) is 0 Å². The van der Waals surface area contributed by atoms with E-state index < -0.39 is 15.9 Å². The normalized spacial score (nSPS) is 13.4. The van der Waals surface area contributed by atoms with Crippen molar-refractivity contribution in [1.29, 1.82) is 0 Å². The van der Waals surface area contributed by atoms with E-state index in [0.29, 0.717) is 11.3 Å². The molecule has 9 heteroatoms. The van der Waals surface area contributed by atoms with Crippen LogP contribution in [0.2, 0.25) is 0 Å². The Bertz CT molecular complexity index is 1490. The number of rotatable bonds is 7. The molecule has 1 saturated carbocycles. The number of hydrogen-bond donors (Lipinski definition) is 3. The number of benzene rings is 3. The molecule has 2 amide bonds. The van der Waals surface area contributed by atoms with Crippen molar-refractivity contribution < 1.29 is 18.0 Å². The van der Waals surface area contributed by atoms with Gasteiger partial charge in [0.2, 0.25) is 0 Å². The summed E-state index contributed by atoms with van der Waals surface area (Å²) < 4.78 is 28.5. The Labute approximate surface area is 200 Å². The van der Waals surface area contributed by atoms with Gasteiger partial charge in [-0.25, -0.2) is 8.42 Å². The summed E-state index contributed by atoms with van der Waals surface area (Å²) in [7, 11) is -3.86. The van der Waals surface area contributed by atoms with Crippen LogP contribution >= 0.6 is 11.3 Å². The molecule has 0 spiro atoms. The fourth-order valence-electron chi connectivity index (χ4n) is 3.56. The third-order valence-corrected chi connectivity index (χ3v) is 8.19. The molecule has 1 aromatic heterocycles. The molecule has 1 heterocycles. The molecule has 0 unspecified atom stereocenters. The first-order valence-electron chi connectivity index (χ1n) is 10.7. The van der Waals surface area contributed by atoms with Crippen LogP contribution in [0.15, 0.2) is 82.4 Å². The molecule has 3 N–H and O–H groups in total. The lowest BCUT2D eigenvalue weighted by Crippen LogP contribution is -2.25. The Balaban J connectivity index is 1.47. The standard InChI is InChI=1S/C25H21N3O4S2/c29-24(26-19-10-11-19)18-7-3-8-20(13-18)27-25(30)21-14-16-5-1-2-6-17(16)15-22(21)28-34(31,32)23-9-4-12-33-23/h1-9,12-15,19,28H,10-11H2,(H,26,29)(H,27,30). The van der Waals surface area contributed by atoms with Gasteiger partial charge >= 0.3 is 0 Å². The molecule has 7 nitrogen and oxygen atoms in total. The molecule has 1 aliphatic rings. The Hall–Kier alpha value is -3.69.